The molecule has 0 aliphatic carbocycles. The van der Waals surface area contributed by atoms with Crippen LogP contribution in [0, 0.1) is 6.92 Å². The van der Waals surface area contributed by atoms with E-state index in [-0.39, 0.29) is 0 Å². The standard InChI is InChI=1S/C22H26N2/c1-17-12-13-21(23(17)15-19-8-4-3-5-9-19)16-24-18(2)14-20-10-6-7-11-22(20)24/h3-11,14,17,21H,12-13,15-16H2,1-2H3/t17-,21-/m0/s1. The number of likely N-dealkylation sites (tertiary alicyclic amines) is 1. The van der Waals surface area contributed by atoms with Gasteiger partial charge < -0.3 is 4.57 Å². The van der Waals surface area contributed by atoms with Crippen LogP contribution in [0.15, 0.2) is 60.7 Å². The molecule has 2 atom stereocenters. The number of aryl methyl sites for hydroxylation is 1. The summed E-state index contributed by atoms with van der Waals surface area (Å²) in [7, 11) is 0. The lowest BCUT2D eigenvalue weighted by Gasteiger charge is -2.29. The van der Waals surface area contributed by atoms with E-state index in [1.807, 2.05) is 0 Å². The maximum absolute atomic E-state index is 2.70. The zero-order chi connectivity index (χ0) is 16.5. The Balaban J connectivity index is 1.59. The van der Waals surface area contributed by atoms with Gasteiger partial charge >= 0.3 is 0 Å². The monoisotopic (exact) mass is 318 g/mol. The molecule has 0 amide bonds. The number of hydrogen-bond donors (Lipinski definition) is 0. The molecule has 3 aromatic rings. The van der Waals surface area contributed by atoms with Crippen molar-refractivity contribution in [2.45, 2.75) is 51.9 Å². The lowest BCUT2D eigenvalue weighted by Crippen LogP contribution is -2.36. The SMILES string of the molecule is Cc1cc2ccccc2n1C[C@@H]1CC[C@H](C)N1Cc1ccccc1. The normalized spacial score (nSPS) is 21.6. The van der Waals surface area contributed by atoms with Crippen LogP contribution in [0.5, 0.6) is 0 Å². The molecule has 24 heavy (non-hydrogen) atoms. The first-order valence-corrected chi connectivity index (χ1v) is 9.07. The molecule has 0 bridgehead atoms. The van der Waals surface area contributed by atoms with Crippen molar-refractivity contribution in [2.24, 2.45) is 0 Å². The Morgan fingerprint density at radius 2 is 1.71 bits per heavy atom. The minimum atomic E-state index is 0.620. The predicted molar refractivity (Wildman–Crippen MR) is 101 cm³/mol. The van der Waals surface area contributed by atoms with Gasteiger partial charge in [0.1, 0.15) is 0 Å². The summed E-state index contributed by atoms with van der Waals surface area (Å²) in [4.78, 5) is 2.70. The summed E-state index contributed by atoms with van der Waals surface area (Å²) in [6, 6.07) is 23.2. The fraction of sp³-hybridized carbons (Fsp3) is 0.364. The third kappa shape index (κ3) is 2.87. The molecule has 4 rings (SSSR count). The molecule has 2 heterocycles. The number of para-hydroxylation sites is 1. The highest BCUT2D eigenvalue weighted by molar-refractivity contribution is 5.81. The third-order valence-corrected chi connectivity index (χ3v) is 5.57. The highest BCUT2D eigenvalue weighted by atomic mass is 15.2. The Hall–Kier alpha value is -2.06. The number of fused-ring (bicyclic) bond motifs is 1. The Morgan fingerprint density at radius 1 is 0.958 bits per heavy atom. The van der Waals surface area contributed by atoms with Gasteiger partial charge in [-0.15, -0.1) is 0 Å². The highest BCUT2D eigenvalue weighted by Gasteiger charge is 2.31. The summed E-state index contributed by atoms with van der Waals surface area (Å²) in [5, 5.41) is 1.36. The van der Waals surface area contributed by atoms with Crippen molar-refractivity contribution in [2.75, 3.05) is 0 Å². The fourth-order valence-corrected chi connectivity index (χ4v) is 4.20. The van der Waals surface area contributed by atoms with Crippen LogP contribution in [0.2, 0.25) is 0 Å². The summed E-state index contributed by atoms with van der Waals surface area (Å²) in [5.41, 5.74) is 4.16. The maximum Gasteiger partial charge on any atom is 0.0482 e. The molecule has 0 unspecified atom stereocenters. The predicted octanol–water partition coefficient (Wildman–Crippen LogP) is 5.00. The van der Waals surface area contributed by atoms with Crippen molar-refractivity contribution in [1.29, 1.82) is 0 Å². The Labute approximate surface area is 144 Å². The minimum absolute atomic E-state index is 0.620. The number of aromatic nitrogens is 1. The zero-order valence-corrected chi connectivity index (χ0v) is 14.7. The second kappa shape index (κ2) is 6.45. The van der Waals surface area contributed by atoms with Crippen LogP contribution in [0.3, 0.4) is 0 Å². The summed E-state index contributed by atoms with van der Waals surface area (Å²) in [6.07, 6.45) is 2.59. The second-order valence-corrected chi connectivity index (χ2v) is 7.19. The van der Waals surface area contributed by atoms with E-state index in [1.165, 1.54) is 35.0 Å². The second-order valence-electron chi connectivity index (χ2n) is 7.19. The van der Waals surface area contributed by atoms with Gasteiger partial charge in [0.2, 0.25) is 0 Å². The van der Waals surface area contributed by atoms with Crippen LogP contribution in [-0.4, -0.2) is 21.6 Å². The minimum Gasteiger partial charge on any atom is -0.343 e. The third-order valence-electron chi connectivity index (χ3n) is 5.57. The molecule has 1 aromatic heterocycles. The molecular formula is C22H26N2. The van der Waals surface area contributed by atoms with Crippen molar-refractivity contribution in [3.05, 3.63) is 71.9 Å². The number of nitrogens with zero attached hydrogens (tertiary/aromatic N) is 2. The van der Waals surface area contributed by atoms with Crippen LogP contribution >= 0.6 is 0 Å². The number of hydrogen-bond acceptors (Lipinski definition) is 1. The van der Waals surface area contributed by atoms with Gasteiger partial charge in [0, 0.05) is 36.4 Å². The molecule has 2 nitrogen and oxygen atoms in total. The van der Waals surface area contributed by atoms with Gasteiger partial charge in [-0.05, 0) is 49.8 Å². The van der Waals surface area contributed by atoms with Crippen LogP contribution in [-0.2, 0) is 13.1 Å². The molecule has 0 N–H and O–H groups in total. The van der Waals surface area contributed by atoms with E-state index in [2.05, 4.69) is 84.0 Å². The van der Waals surface area contributed by atoms with Crippen LogP contribution < -0.4 is 0 Å². The lowest BCUT2D eigenvalue weighted by molar-refractivity contribution is 0.179. The summed E-state index contributed by atoms with van der Waals surface area (Å²) >= 11 is 0. The Bertz CT molecular complexity index is 818. The van der Waals surface area contributed by atoms with Crippen molar-refractivity contribution >= 4 is 10.9 Å². The topological polar surface area (TPSA) is 8.17 Å². The maximum atomic E-state index is 2.70. The van der Waals surface area contributed by atoms with Crippen LogP contribution in [0.25, 0.3) is 10.9 Å². The first kappa shape index (κ1) is 15.5. The van der Waals surface area contributed by atoms with E-state index in [4.69, 9.17) is 0 Å². The molecule has 0 saturated carbocycles. The molecule has 1 fully saturated rings. The Morgan fingerprint density at radius 3 is 2.54 bits per heavy atom. The van der Waals surface area contributed by atoms with Crippen molar-refractivity contribution in [1.82, 2.24) is 9.47 Å². The fourth-order valence-electron chi connectivity index (χ4n) is 4.20. The molecule has 2 aromatic carbocycles. The van der Waals surface area contributed by atoms with E-state index >= 15 is 0 Å². The Kier molecular flexibility index (Phi) is 4.15. The van der Waals surface area contributed by atoms with Gasteiger partial charge in [0.25, 0.3) is 0 Å². The van der Waals surface area contributed by atoms with Crippen molar-refractivity contribution in [3.63, 3.8) is 0 Å². The first-order valence-electron chi connectivity index (χ1n) is 9.07. The van der Waals surface area contributed by atoms with E-state index in [0.717, 1.165) is 13.1 Å². The van der Waals surface area contributed by atoms with E-state index < -0.39 is 0 Å². The average molecular weight is 318 g/mol. The van der Waals surface area contributed by atoms with Gasteiger partial charge in [-0.25, -0.2) is 0 Å². The molecule has 1 saturated heterocycles. The molecule has 1 aliphatic rings. The van der Waals surface area contributed by atoms with Gasteiger partial charge in [-0.2, -0.15) is 0 Å². The summed E-state index contributed by atoms with van der Waals surface area (Å²) in [6.45, 7) is 6.77. The van der Waals surface area contributed by atoms with Gasteiger partial charge in [-0.3, -0.25) is 4.90 Å². The van der Waals surface area contributed by atoms with E-state index in [0.29, 0.717) is 12.1 Å². The van der Waals surface area contributed by atoms with E-state index in [9.17, 15) is 0 Å². The summed E-state index contributed by atoms with van der Waals surface area (Å²) in [5.74, 6) is 0. The zero-order valence-electron chi connectivity index (χ0n) is 14.7. The quantitative estimate of drug-likeness (QED) is 0.657. The van der Waals surface area contributed by atoms with Crippen LogP contribution in [0.1, 0.15) is 31.0 Å². The van der Waals surface area contributed by atoms with Crippen molar-refractivity contribution < 1.29 is 0 Å². The highest BCUT2D eigenvalue weighted by Crippen LogP contribution is 2.29. The van der Waals surface area contributed by atoms with Crippen LogP contribution in [0.4, 0.5) is 0 Å². The molecule has 2 heteroatoms. The average Bonchev–Trinajstić information content (AvgIpc) is 3.10. The molecular weight excluding hydrogens is 292 g/mol. The first-order chi connectivity index (χ1) is 11.7. The van der Waals surface area contributed by atoms with E-state index in [1.54, 1.807) is 0 Å². The van der Waals surface area contributed by atoms with Crippen molar-refractivity contribution in [3.8, 4) is 0 Å². The molecule has 0 radical (unpaired) electrons. The molecule has 124 valence electrons. The van der Waals surface area contributed by atoms with Gasteiger partial charge in [-0.1, -0.05) is 48.5 Å². The molecule has 1 aliphatic heterocycles. The largest absolute Gasteiger partial charge is 0.343 e. The smallest absolute Gasteiger partial charge is 0.0482 e. The summed E-state index contributed by atoms with van der Waals surface area (Å²) < 4.78 is 2.51. The van der Waals surface area contributed by atoms with Gasteiger partial charge in [0.15, 0.2) is 0 Å². The van der Waals surface area contributed by atoms with Gasteiger partial charge in [0.05, 0.1) is 0 Å². The number of benzene rings is 2. The lowest BCUT2D eigenvalue weighted by atomic mass is 10.1. The number of rotatable bonds is 4. The molecule has 0 spiro atoms.